The number of carbonyl (C=O) groups excluding carboxylic acids is 2. The van der Waals surface area contributed by atoms with Crippen LogP contribution in [0.3, 0.4) is 0 Å². The van der Waals surface area contributed by atoms with Gasteiger partial charge < -0.3 is 14.0 Å². The fourth-order valence-corrected chi connectivity index (χ4v) is 3.74. The first-order chi connectivity index (χ1) is 13.4. The van der Waals surface area contributed by atoms with Crippen LogP contribution in [-0.2, 0) is 11.8 Å². The second kappa shape index (κ2) is 8.39. The van der Waals surface area contributed by atoms with Gasteiger partial charge in [-0.2, -0.15) is 4.99 Å². The van der Waals surface area contributed by atoms with Crippen LogP contribution in [0.5, 0.6) is 5.75 Å². The van der Waals surface area contributed by atoms with Crippen molar-refractivity contribution < 1.29 is 19.1 Å². The van der Waals surface area contributed by atoms with E-state index in [-0.39, 0.29) is 18.0 Å². The molecule has 1 heterocycles. The number of aryl methyl sites for hydroxylation is 1. The van der Waals surface area contributed by atoms with E-state index >= 15 is 0 Å². The summed E-state index contributed by atoms with van der Waals surface area (Å²) >= 11 is 1.35. The van der Waals surface area contributed by atoms with Crippen LogP contribution < -0.4 is 9.54 Å². The summed E-state index contributed by atoms with van der Waals surface area (Å²) in [6.45, 7) is 5.99. The molecule has 0 radical (unpaired) electrons. The van der Waals surface area contributed by atoms with Gasteiger partial charge in [-0.05, 0) is 63.2 Å². The molecule has 0 atom stereocenters. The van der Waals surface area contributed by atoms with E-state index in [1.807, 2.05) is 31.5 Å². The number of rotatable bonds is 5. The molecule has 6 nitrogen and oxygen atoms in total. The summed E-state index contributed by atoms with van der Waals surface area (Å²) in [6, 6.07) is 12.2. The van der Waals surface area contributed by atoms with Crippen molar-refractivity contribution in [3.8, 4) is 5.75 Å². The summed E-state index contributed by atoms with van der Waals surface area (Å²) < 4.78 is 13.3. The van der Waals surface area contributed by atoms with Gasteiger partial charge in [0, 0.05) is 12.6 Å². The van der Waals surface area contributed by atoms with E-state index < -0.39 is 0 Å². The first-order valence-electron chi connectivity index (χ1n) is 9.01. The van der Waals surface area contributed by atoms with E-state index in [4.69, 9.17) is 9.47 Å². The Labute approximate surface area is 167 Å². The number of thiazole rings is 1. The SMILES string of the molecule is CCOC(=O)c1ccc2c(c1)sc(=NC(=O)c1ccc(OC(C)C)cc1)n2C. The molecule has 0 N–H and O–H groups in total. The van der Waals surface area contributed by atoms with Crippen molar-refractivity contribution in [2.24, 2.45) is 12.0 Å². The van der Waals surface area contributed by atoms with Gasteiger partial charge in [0.25, 0.3) is 5.91 Å². The molecule has 7 heteroatoms. The lowest BCUT2D eigenvalue weighted by atomic mass is 10.2. The van der Waals surface area contributed by atoms with Crippen molar-refractivity contribution >= 4 is 33.4 Å². The fraction of sp³-hybridized carbons (Fsp3) is 0.286. The van der Waals surface area contributed by atoms with Gasteiger partial charge in [-0.3, -0.25) is 4.79 Å². The molecule has 2 aromatic carbocycles. The number of amides is 1. The van der Waals surface area contributed by atoms with E-state index in [0.717, 1.165) is 10.2 Å². The first-order valence-corrected chi connectivity index (χ1v) is 9.83. The third kappa shape index (κ3) is 4.31. The predicted octanol–water partition coefficient (Wildman–Crippen LogP) is 3.94. The molecule has 0 saturated heterocycles. The van der Waals surface area contributed by atoms with Gasteiger partial charge in [0.05, 0.1) is 28.5 Å². The number of ether oxygens (including phenoxy) is 2. The quantitative estimate of drug-likeness (QED) is 0.610. The third-order valence-corrected chi connectivity index (χ3v) is 5.09. The lowest BCUT2D eigenvalue weighted by Gasteiger charge is -2.09. The van der Waals surface area contributed by atoms with Crippen LogP contribution in [0, 0.1) is 0 Å². The van der Waals surface area contributed by atoms with Crippen molar-refractivity contribution in [2.75, 3.05) is 6.61 Å². The Morgan fingerprint density at radius 3 is 2.43 bits per heavy atom. The minimum absolute atomic E-state index is 0.0725. The Morgan fingerprint density at radius 2 is 1.79 bits per heavy atom. The number of hydrogen-bond donors (Lipinski definition) is 0. The average Bonchev–Trinajstić information content (AvgIpc) is 2.97. The van der Waals surface area contributed by atoms with Crippen molar-refractivity contribution in [2.45, 2.75) is 26.9 Å². The van der Waals surface area contributed by atoms with Gasteiger partial charge >= 0.3 is 5.97 Å². The zero-order valence-corrected chi connectivity index (χ0v) is 17.1. The van der Waals surface area contributed by atoms with Crippen molar-refractivity contribution in [1.29, 1.82) is 0 Å². The molecule has 0 unspecified atom stereocenters. The molecule has 0 aliphatic heterocycles. The Balaban J connectivity index is 1.91. The maximum Gasteiger partial charge on any atom is 0.338 e. The highest BCUT2D eigenvalue weighted by atomic mass is 32.1. The summed E-state index contributed by atoms with van der Waals surface area (Å²) in [5.41, 5.74) is 1.86. The van der Waals surface area contributed by atoms with Crippen LogP contribution in [0.4, 0.5) is 0 Å². The molecule has 0 spiro atoms. The molecule has 0 aliphatic carbocycles. The Kier molecular flexibility index (Phi) is 5.94. The second-order valence-electron chi connectivity index (χ2n) is 6.45. The highest BCUT2D eigenvalue weighted by molar-refractivity contribution is 7.16. The number of fused-ring (bicyclic) bond motifs is 1. The normalized spacial score (nSPS) is 11.8. The molecule has 0 fully saturated rings. The van der Waals surface area contributed by atoms with Crippen molar-refractivity contribution in [3.05, 3.63) is 58.4 Å². The minimum atomic E-state index is -0.362. The van der Waals surface area contributed by atoms with Crippen LogP contribution in [0.25, 0.3) is 10.2 Å². The first kappa shape index (κ1) is 19.8. The second-order valence-corrected chi connectivity index (χ2v) is 7.46. The largest absolute Gasteiger partial charge is 0.491 e. The Morgan fingerprint density at radius 1 is 1.11 bits per heavy atom. The Hall–Kier alpha value is -2.93. The molecule has 28 heavy (non-hydrogen) atoms. The summed E-state index contributed by atoms with van der Waals surface area (Å²) in [4.78, 5) is 29.3. The van der Waals surface area contributed by atoms with Gasteiger partial charge in [-0.1, -0.05) is 11.3 Å². The van der Waals surface area contributed by atoms with E-state index in [1.54, 1.807) is 43.3 Å². The number of aromatic nitrogens is 1. The van der Waals surface area contributed by atoms with Gasteiger partial charge in [0.1, 0.15) is 5.75 Å². The smallest absolute Gasteiger partial charge is 0.338 e. The summed E-state index contributed by atoms with van der Waals surface area (Å²) in [7, 11) is 1.84. The van der Waals surface area contributed by atoms with Crippen molar-refractivity contribution in [3.63, 3.8) is 0 Å². The molecule has 146 valence electrons. The number of nitrogens with zero attached hydrogens (tertiary/aromatic N) is 2. The lowest BCUT2D eigenvalue weighted by molar-refractivity contribution is 0.0526. The summed E-state index contributed by atoms with van der Waals surface area (Å²) in [6.07, 6.45) is 0.0725. The summed E-state index contributed by atoms with van der Waals surface area (Å²) in [5.74, 6) is 0.0213. The topological polar surface area (TPSA) is 69.9 Å². The van der Waals surface area contributed by atoms with Gasteiger partial charge in [-0.15, -0.1) is 0 Å². The molecule has 3 aromatic rings. The van der Waals surface area contributed by atoms with Crippen LogP contribution in [0.1, 0.15) is 41.5 Å². The lowest BCUT2D eigenvalue weighted by Crippen LogP contribution is -2.13. The molecule has 3 rings (SSSR count). The molecule has 1 aromatic heterocycles. The number of esters is 1. The molecule has 1 amide bonds. The van der Waals surface area contributed by atoms with Crippen LogP contribution >= 0.6 is 11.3 Å². The van der Waals surface area contributed by atoms with E-state index in [9.17, 15) is 9.59 Å². The summed E-state index contributed by atoms with van der Waals surface area (Å²) in [5, 5.41) is 0. The fourth-order valence-electron chi connectivity index (χ4n) is 2.68. The van der Waals surface area contributed by atoms with Crippen LogP contribution in [0.2, 0.25) is 0 Å². The third-order valence-electron chi connectivity index (χ3n) is 3.99. The molecule has 0 saturated carbocycles. The maximum atomic E-state index is 12.5. The molecular weight excluding hydrogens is 376 g/mol. The highest BCUT2D eigenvalue weighted by Crippen LogP contribution is 2.19. The molecular formula is C21H22N2O4S. The zero-order chi connectivity index (χ0) is 20.3. The number of carbonyl (C=O) groups is 2. The standard InChI is InChI=1S/C21H22N2O4S/c1-5-26-20(25)15-8-11-17-18(12-15)28-21(23(17)4)22-19(24)14-6-9-16(10-7-14)27-13(2)3/h6-13H,5H2,1-4H3. The minimum Gasteiger partial charge on any atom is -0.491 e. The Bertz CT molecular complexity index is 1080. The molecule has 0 aliphatic rings. The van der Waals surface area contributed by atoms with E-state index in [2.05, 4.69) is 4.99 Å². The monoisotopic (exact) mass is 398 g/mol. The predicted molar refractivity (Wildman–Crippen MR) is 109 cm³/mol. The van der Waals surface area contributed by atoms with Crippen LogP contribution in [0.15, 0.2) is 47.5 Å². The molecule has 0 bridgehead atoms. The highest BCUT2D eigenvalue weighted by Gasteiger charge is 2.11. The van der Waals surface area contributed by atoms with Gasteiger partial charge in [0.2, 0.25) is 0 Å². The number of benzene rings is 2. The van der Waals surface area contributed by atoms with E-state index in [1.165, 1.54) is 11.3 Å². The zero-order valence-electron chi connectivity index (χ0n) is 16.3. The maximum absolute atomic E-state index is 12.5. The van der Waals surface area contributed by atoms with Gasteiger partial charge in [-0.25, -0.2) is 4.79 Å². The van der Waals surface area contributed by atoms with E-state index in [0.29, 0.717) is 28.3 Å². The van der Waals surface area contributed by atoms with Crippen molar-refractivity contribution in [1.82, 2.24) is 4.57 Å². The van der Waals surface area contributed by atoms with Gasteiger partial charge in [0.15, 0.2) is 4.80 Å². The average molecular weight is 398 g/mol. The van der Waals surface area contributed by atoms with Crippen LogP contribution in [-0.4, -0.2) is 29.2 Å². The number of hydrogen-bond acceptors (Lipinski definition) is 5.